The lowest BCUT2D eigenvalue weighted by Gasteiger charge is -2.07. The van der Waals surface area contributed by atoms with Gasteiger partial charge in [0.1, 0.15) is 5.76 Å². The highest BCUT2D eigenvalue weighted by Gasteiger charge is 2.20. The number of ether oxygens (including phenoxy) is 2. The summed E-state index contributed by atoms with van der Waals surface area (Å²) in [5.41, 5.74) is 0.435. The lowest BCUT2D eigenvalue weighted by molar-refractivity contribution is 0.174. The molecule has 0 bridgehead atoms. The van der Waals surface area contributed by atoms with E-state index in [0.29, 0.717) is 28.2 Å². The van der Waals surface area contributed by atoms with Gasteiger partial charge in [-0.05, 0) is 12.1 Å². The van der Waals surface area contributed by atoms with Gasteiger partial charge in [-0.2, -0.15) is 0 Å². The molecule has 0 amide bonds. The van der Waals surface area contributed by atoms with E-state index in [-0.39, 0.29) is 18.1 Å². The topological polar surface area (TPSA) is 48.7 Å². The minimum absolute atomic E-state index is 0.0479. The second-order valence-corrected chi connectivity index (χ2v) is 4.34. The molecule has 1 aliphatic rings. The van der Waals surface area contributed by atoms with Crippen molar-refractivity contribution in [2.45, 2.75) is 19.8 Å². The summed E-state index contributed by atoms with van der Waals surface area (Å²) in [5, 5.41) is 0.527. The molecule has 17 heavy (non-hydrogen) atoms. The molecule has 88 valence electrons. The van der Waals surface area contributed by atoms with Gasteiger partial charge in [0, 0.05) is 12.0 Å². The summed E-state index contributed by atoms with van der Waals surface area (Å²) in [4.78, 5) is 11.9. The van der Waals surface area contributed by atoms with E-state index in [2.05, 4.69) is 0 Å². The van der Waals surface area contributed by atoms with Crippen LogP contribution in [0.5, 0.6) is 11.5 Å². The van der Waals surface area contributed by atoms with E-state index in [4.69, 9.17) is 13.9 Å². The molecule has 2 heterocycles. The highest BCUT2D eigenvalue weighted by molar-refractivity contribution is 5.85. The Morgan fingerprint density at radius 2 is 2.06 bits per heavy atom. The summed E-state index contributed by atoms with van der Waals surface area (Å²) >= 11 is 0. The zero-order valence-electron chi connectivity index (χ0n) is 9.65. The summed E-state index contributed by atoms with van der Waals surface area (Å²) in [5.74, 6) is 1.97. The Labute approximate surface area is 97.8 Å². The molecule has 0 radical (unpaired) electrons. The van der Waals surface area contributed by atoms with E-state index in [1.165, 1.54) is 6.07 Å². The third-order valence-corrected chi connectivity index (χ3v) is 2.82. The lowest BCUT2D eigenvalue weighted by atomic mass is 10.1. The van der Waals surface area contributed by atoms with Crippen LogP contribution in [-0.4, -0.2) is 6.79 Å². The molecule has 0 unspecified atom stereocenters. The van der Waals surface area contributed by atoms with E-state index >= 15 is 0 Å². The molecule has 0 aliphatic carbocycles. The normalized spacial score (nSPS) is 13.6. The quantitative estimate of drug-likeness (QED) is 0.758. The van der Waals surface area contributed by atoms with Crippen LogP contribution in [0.1, 0.15) is 25.5 Å². The molecular weight excluding hydrogens is 220 g/mol. The van der Waals surface area contributed by atoms with Crippen LogP contribution < -0.4 is 14.9 Å². The molecule has 0 fully saturated rings. The van der Waals surface area contributed by atoms with Crippen LogP contribution in [0.25, 0.3) is 11.0 Å². The van der Waals surface area contributed by atoms with Crippen molar-refractivity contribution in [3.05, 3.63) is 34.2 Å². The Balaban J connectivity index is 2.39. The smallest absolute Gasteiger partial charge is 0.231 e. The fraction of sp³-hybridized carbons (Fsp3) is 0.308. The molecule has 0 N–H and O–H groups in total. The third-order valence-electron chi connectivity index (χ3n) is 2.82. The Morgan fingerprint density at radius 3 is 2.82 bits per heavy atom. The molecule has 1 aromatic carbocycles. The van der Waals surface area contributed by atoms with E-state index in [0.717, 1.165) is 0 Å². The van der Waals surface area contributed by atoms with Gasteiger partial charge in [-0.15, -0.1) is 0 Å². The Kier molecular flexibility index (Phi) is 2.11. The van der Waals surface area contributed by atoms with Crippen LogP contribution in [-0.2, 0) is 0 Å². The third kappa shape index (κ3) is 1.48. The Bertz CT molecular complexity index is 640. The molecule has 0 saturated heterocycles. The van der Waals surface area contributed by atoms with E-state index in [9.17, 15) is 4.79 Å². The van der Waals surface area contributed by atoms with E-state index in [1.807, 2.05) is 13.8 Å². The van der Waals surface area contributed by atoms with Gasteiger partial charge in [0.25, 0.3) is 0 Å². The van der Waals surface area contributed by atoms with Gasteiger partial charge in [0.2, 0.25) is 12.5 Å². The standard InChI is InChI=1S/C13H12O4/c1-7(2)11-5-9(14)8-3-4-10-13(12(8)17-11)16-6-15-10/h3-5,7H,6H2,1-2H3. The fourth-order valence-corrected chi connectivity index (χ4v) is 1.88. The number of rotatable bonds is 1. The van der Waals surface area contributed by atoms with Gasteiger partial charge in [0.05, 0.1) is 5.39 Å². The Morgan fingerprint density at radius 1 is 1.24 bits per heavy atom. The summed E-state index contributed by atoms with van der Waals surface area (Å²) in [6, 6.07) is 4.98. The largest absolute Gasteiger partial charge is 0.456 e. The highest BCUT2D eigenvalue weighted by Crippen LogP contribution is 2.38. The number of benzene rings is 1. The molecule has 4 heteroatoms. The van der Waals surface area contributed by atoms with E-state index < -0.39 is 0 Å². The lowest BCUT2D eigenvalue weighted by Crippen LogP contribution is -2.03. The number of fused-ring (bicyclic) bond motifs is 3. The molecule has 4 nitrogen and oxygen atoms in total. The summed E-state index contributed by atoms with van der Waals surface area (Å²) in [6.07, 6.45) is 0. The highest BCUT2D eigenvalue weighted by atomic mass is 16.7. The molecule has 1 aliphatic heterocycles. The second-order valence-electron chi connectivity index (χ2n) is 4.34. The van der Waals surface area contributed by atoms with Gasteiger partial charge in [-0.25, -0.2) is 0 Å². The predicted octanol–water partition coefficient (Wildman–Crippen LogP) is 2.65. The summed E-state index contributed by atoms with van der Waals surface area (Å²) in [7, 11) is 0. The monoisotopic (exact) mass is 232 g/mol. The van der Waals surface area contributed by atoms with Crippen molar-refractivity contribution in [1.82, 2.24) is 0 Å². The minimum atomic E-state index is -0.0479. The molecule has 0 atom stereocenters. The molecular formula is C13H12O4. The first-order chi connectivity index (χ1) is 8.16. The maximum atomic E-state index is 11.9. The zero-order chi connectivity index (χ0) is 12.0. The first-order valence-corrected chi connectivity index (χ1v) is 5.53. The molecule has 2 aromatic rings. The Hall–Kier alpha value is -1.97. The number of hydrogen-bond donors (Lipinski definition) is 0. The van der Waals surface area contributed by atoms with Gasteiger partial charge in [0.15, 0.2) is 16.8 Å². The van der Waals surface area contributed by atoms with Crippen molar-refractivity contribution in [2.75, 3.05) is 6.79 Å². The van der Waals surface area contributed by atoms with Gasteiger partial charge >= 0.3 is 0 Å². The average Bonchev–Trinajstić information content (AvgIpc) is 2.76. The van der Waals surface area contributed by atoms with Crippen LogP contribution in [0, 0.1) is 0 Å². The first-order valence-electron chi connectivity index (χ1n) is 5.53. The summed E-state index contributed by atoms with van der Waals surface area (Å²) < 4.78 is 16.4. The van der Waals surface area contributed by atoms with Crippen molar-refractivity contribution in [2.24, 2.45) is 0 Å². The fourth-order valence-electron chi connectivity index (χ4n) is 1.88. The maximum Gasteiger partial charge on any atom is 0.231 e. The zero-order valence-corrected chi connectivity index (χ0v) is 9.65. The van der Waals surface area contributed by atoms with Crippen molar-refractivity contribution >= 4 is 11.0 Å². The number of hydrogen-bond acceptors (Lipinski definition) is 4. The molecule has 3 rings (SSSR count). The first kappa shape index (κ1) is 10.2. The van der Waals surface area contributed by atoms with Crippen molar-refractivity contribution in [3.63, 3.8) is 0 Å². The second kappa shape index (κ2) is 3.52. The maximum absolute atomic E-state index is 11.9. The average molecular weight is 232 g/mol. The predicted molar refractivity (Wildman–Crippen MR) is 62.7 cm³/mol. The van der Waals surface area contributed by atoms with Crippen LogP contribution in [0.15, 0.2) is 27.4 Å². The summed E-state index contributed by atoms with van der Waals surface area (Å²) in [6.45, 7) is 4.12. The van der Waals surface area contributed by atoms with Crippen molar-refractivity contribution in [3.8, 4) is 11.5 Å². The van der Waals surface area contributed by atoms with Crippen LogP contribution in [0.3, 0.4) is 0 Å². The van der Waals surface area contributed by atoms with Gasteiger partial charge in [-0.1, -0.05) is 13.8 Å². The molecule has 0 saturated carbocycles. The SMILES string of the molecule is CC(C)c1cc(=O)c2ccc3c(c2o1)OCO3. The van der Waals surface area contributed by atoms with Crippen LogP contribution in [0.2, 0.25) is 0 Å². The minimum Gasteiger partial charge on any atom is -0.456 e. The van der Waals surface area contributed by atoms with Gasteiger partial charge in [-0.3, -0.25) is 4.79 Å². The molecule has 0 spiro atoms. The van der Waals surface area contributed by atoms with Crippen LogP contribution in [0.4, 0.5) is 0 Å². The van der Waals surface area contributed by atoms with E-state index in [1.54, 1.807) is 12.1 Å². The van der Waals surface area contributed by atoms with Crippen molar-refractivity contribution in [1.29, 1.82) is 0 Å². The van der Waals surface area contributed by atoms with Crippen LogP contribution >= 0.6 is 0 Å². The van der Waals surface area contributed by atoms with Gasteiger partial charge < -0.3 is 13.9 Å². The molecule has 1 aromatic heterocycles. The van der Waals surface area contributed by atoms with Crippen molar-refractivity contribution < 1.29 is 13.9 Å².